The molecule has 0 aliphatic rings. The Morgan fingerprint density at radius 1 is 1.27 bits per heavy atom. The lowest BCUT2D eigenvalue weighted by Crippen LogP contribution is -2.07. The van der Waals surface area contributed by atoms with Crippen molar-refractivity contribution in [3.63, 3.8) is 0 Å². The first-order chi connectivity index (χ1) is 14.3. The molecular formula is C20H17Cl2N3O4S. The summed E-state index contributed by atoms with van der Waals surface area (Å²) in [4.78, 5) is 24.9. The smallest absolute Gasteiger partial charge is 0.291 e. The summed E-state index contributed by atoms with van der Waals surface area (Å²) in [5, 5.41) is 14.6. The third-order valence-corrected chi connectivity index (χ3v) is 5.33. The molecule has 0 bridgehead atoms. The summed E-state index contributed by atoms with van der Waals surface area (Å²) < 4.78 is 1.93. The van der Waals surface area contributed by atoms with Crippen molar-refractivity contribution < 1.29 is 15.1 Å². The van der Waals surface area contributed by atoms with Gasteiger partial charge in [0.1, 0.15) is 0 Å². The molecule has 3 rings (SSSR count). The van der Waals surface area contributed by atoms with Crippen LogP contribution in [-0.4, -0.2) is 25.0 Å². The van der Waals surface area contributed by atoms with Crippen LogP contribution in [0.2, 0.25) is 10.0 Å². The van der Waals surface area contributed by atoms with Gasteiger partial charge in [-0.2, -0.15) is 0 Å². The van der Waals surface area contributed by atoms with Crippen LogP contribution in [-0.2, 0) is 11.3 Å². The quantitative estimate of drug-likeness (QED) is 0.290. The molecule has 0 saturated heterocycles. The van der Waals surface area contributed by atoms with Gasteiger partial charge in [0.05, 0.1) is 11.6 Å². The van der Waals surface area contributed by atoms with Crippen LogP contribution in [0.25, 0.3) is 6.08 Å². The van der Waals surface area contributed by atoms with Gasteiger partial charge >= 0.3 is 0 Å². The highest BCUT2D eigenvalue weighted by molar-refractivity contribution is 8.14. The Balaban J connectivity index is 0.000000735. The normalized spacial score (nSPS) is 11.5. The number of hydrogen-bond acceptors (Lipinski definition) is 5. The van der Waals surface area contributed by atoms with E-state index in [4.69, 9.17) is 38.5 Å². The molecule has 0 fully saturated rings. The van der Waals surface area contributed by atoms with Gasteiger partial charge in [0.2, 0.25) is 5.12 Å². The summed E-state index contributed by atoms with van der Waals surface area (Å²) in [5.74, 6) is 0. The van der Waals surface area contributed by atoms with E-state index in [1.807, 2.05) is 53.2 Å². The minimum absolute atomic E-state index is 0.0371. The highest BCUT2D eigenvalue weighted by atomic mass is 35.5. The topological polar surface area (TPSA) is 98.3 Å². The number of hydrogen-bond donors (Lipinski definition) is 1. The van der Waals surface area contributed by atoms with Gasteiger partial charge in [0.25, 0.3) is 5.09 Å². The van der Waals surface area contributed by atoms with E-state index < -0.39 is 5.09 Å². The molecule has 0 aliphatic carbocycles. The molecule has 1 heterocycles. The Hall–Kier alpha value is -2.81. The summed E-state index contributed by atoms with van der Waals surface area (Å²) in [6, 6.07) is 15.1. The second kappa shape index (κ2) is 12.0. The molecule has 0 radical (unpaired) electrons. The van der Waals surface area contributed by atoms with Crippen molar-refractivity contribution in [1.82, 2.24) is 9.55 Å². The Morgan fingerprint density at radius 2 is 1.97 bits per heavy atom. The van der Waals surface area contributed by atoms with Gasteiger partial charge < -0.3 is 9.77 Å². The summed E-state index contributed by atoms with van der Waals surface area (Å²) >= 11 is 13.6. The van der Waals surface area contributed by atoms with Crippen molar-refractivity contribution in [3.05, 3.63) is 105 Å². The number of halogens is 2. The van der Waals surface area contributed by atoms with Crippen LogP contribution >= 0.6 is 35.0 Å². The molecule has 3 aromatic rings. The lowest BCUT2D eigenvalue weighted by molar-refractivity contribution is -0.742. The number of imidazole rings is 1. The number of aromatic nitrogens is 2. The second-order valence-electron chi connectivity index (χ2n) is 5.83. The maximum absolute atomic E-state index is 12.5. The van der Waals surface area contributed by atoms with Crippen molar-refractivity contribution in [2.24, 2.45) is 0 Å². The lowest BCUT2D eigenvalue weighted by Gasteiger charge is -2.17. The van der Waals surface area contributed by atoms with Crippen LogP contribution < -0.4 is 0 Å². The van der Waals surface area contributed by atoms with Crippen LogP contribution in [0.15, 0.2) is 73.3 Å². The predicted molar refractivity (Wildman–Crippen MR) is 118 cm³/mol. The van der Waals surface area contributed by atoms with E-state index in [2.05, 4.69) is 4.98 Å². The average molecular weight is 466 g/mol. The van der Waals surface area contributed by atoms with Gasteiger partial charge in [-0.05, 0) is 29.3 Å². The number of carbonyl (C=O) groups is 1. The van der Waals surface area contributed by atoms with Crippen molar-refractivity contribution >= 4 is 46.2 Å². The predicted octanol–water partition coefficient (Wildman–Crippen LogP) is 5.56. The Bertz CT molecular complexity index is 995. The molecular weight excluding hydrogens is 449 g/mol. The molecule has 1 aromatic heterocycles. The zero-order valence-corrected chi connectivity index (χ0v) is 17.8. The van der Waals surface area contributed by atoms with Crippen LogP contribution in [0.4, 0.5) is 0 Å². The molecule has 1 N–H and O–H groups in total. The van der Waals surface area contributed by atoms with E-state index in [0.717, 1.165) is 11.1 Å². The van der Waals surface area contributed by atoms with E-state index in [1.54, 1.807) is 30.7 Å². The minimum Gasteiger partial charge on any atom is -0.336 e. The summed E-state index contributed by atoms with van der Waals surface area (Å²) in [6.45, 7) is 0.580. The number of carbonyl (C=O) groups excluding carboxylic acids is 1. The molecule has 10 heteroatoms. The fourth-order valence-corrected chi connectivity index (χ4v) is 4.07. The number of nitrogens with zero attached hydrogens (tertiary/aromatic N) is 3. The zero-order valence-electron chi connectivity index (χ0n) is 15.5. The molecule has 0 amide bonds. The molecule has 1 unspecified atom stereocenters. The standard InChI is InChI=1S/C20H16Cl2N2OS.HNO3/c21-16-7-8-17(18(22)12-16)19(13-24-11-10-23-14-24)26-20(25)9-6-15-4-2-1-3-5-15;2-1(3)4/h1-12,14,19H,13H2;(H,2,3,4)/b9-6+;. The van der Waals surface area contributed by atoms with Gasteiger partial charge in [-0.15, -0.1) is 10.1 Å². The third kappa shape index (κ3) is 8.28. The monoisotopic (exact) mass is 465 g/mol. The lowest BCUT2D eigenvalue weighted by atomic mass is 10.1. The first-order valence-electron chi connectivity index (χ1n) is 8.53. The van der Waals surface area contributed by atoms with Crippen molar-refractivity contribution in [2.75, 3.05) is 0 Å². The van der Waals surface area contributed by atoms with Crippen LogP contribution in [0.3, 0.4) is 0 Å². The largest absolute Gasteiger partial charge is 0.336 e. The molecule has 0 saturated carbocycles. The van der Waals surface area contributed by atoms with E-state index in [0.29, 0.717) is 16.6 Å². The minimum atomic E-state index is -1.50. The Labute approximate surface area is 187 Å². The van der Waals surface area contributed by atoms with Crippen molar-refractivity contribution in [1.29, 1.82) is 0 Å². The van der Waals surface area contributed by atoms with E-state index >= 15 is 0 Å². The van der Waals surface area contributed by atoms with E-state index in [1.165, 1.54) is 11.8 Å². The maximum atomic E-state index is 12.5. The second-order valence-corrected chi connectivity index (χ2v) is 7.88. The third-order valence-electron chi connectivity index (χ3n) is 3.72. The molecule has 0 spiro atoms. The van der Waals surface area contributed by atoms with Gasteiger partial charge in [-0.3, -0.25) is 4.79 Å². The fourth-order valence-electron chi connectivity index (χ4n) is 2.46. The van der Waals surface area contributed by atoms with Gasteiger partial charge in [0, 0.05) is 29.0 Å². The Morgan fingerprint density at radius 3 is 2.57 bits per heavy atom. The fraction of sp³-hybridized carbons (Fsp3) is 0.100. The zero-order chi connectivity index (χ0) is 21.9. The first kappa shape index (κ1) is 23.5. The van der Waals surface area contributed by atoms with Crippen LogP contribution in [0.5, 0.6) is 0 Å². The average Bonchev–Trinajstić information content (AvgIpc) is 3.19. The highest BCUT2D eigenvalue weighted by Gasteiger charge is 2.19. The summed E-state index contributed by atoms with van der Waals surface area (Å²) in [5.41, 5.74) is 1.85. The van der Waals surface area contributed by atoms with E-state index in [9.17, 15) is 4.79 Å². The van der Waals surface area contributed by atoms with Gasteiger partial charge in [0.15, 0.2) is 0 Å². The molecule has 1 atom stereocenters. The van der Waals surface area contributed by atoms with Crippen molar-refractivity contribution in [3.8, 4) is 0 Å². The van der Waals surface area contributed by atoms with Crippen LogP contribution in [0, 0.1) is 10.1 Å². The molecule has 0 aliphatic heterocycles. The summed E-state index contributed by atoms with van der Waals surface area (Å²) in [7, 11) is 0. The van der Waals surface area contributed by atoms with Crippen LogP contribution in [0.1, 0.15) is 16.4 Å². The van der Waals surface area contributed by atoms with E-state index in [-0.39, 0.29) is 10.4 Å². The first-order valence-corrected chi connectivity index (χ1v) is 10.2. The molecule has 30 heavy (non-hydrogen) atoms. The van der Waals surface area contributed by atoms with Gasteiger partial charge in [-0.25, -0.2) is 4.98 Å². The number of benzene rings is 2. The van der Waals surface area contributed by atoms with Crippen molar-refractivity contribution in [2.45, 2.75) is 11.8 Å². The number of rotatable bonds is 6. The molecule has 2 aromatic carbocycles. The summed E-state index contributed by atoms with van der Waals surface area (Å²) in [6.07, 6.45) is 8.70. The number of thioether (sulfide) groups is 1. The maximum Gasteiger partial charge on any atom is 0.291 e. The SMILES string of the molecule is O=C(/C=C/c1ccccc1)SC(Cn1ccnc1)c1ccc(Cl)cc1Cl.O=[N+]([O-])O. The molecule has 7 nitrogen and oxygen atoms in total. The Kier molecular flexibility index (Phi) is 9.40. The highest BCUT2D eigenvalue weighted by Crippen LogP contribution is 2.37. The van der Waals surface area contributed by atoms with Gasteiger partial charge in [-0.1, -0.05) is 77.4 Å². The molecule has 156 valence electrons.